The van der Waals surface area contributed by atoms with Crippen molar-refractivity contribution in [3.05, 3.63) is 60.8 Å². The minimum Gasteiger partial charge on any atom is -0.394 e. The van der Waals surface area contributed by atoms with Crippen molar-refractivity contribution in [2.75, 3.05) is 13.2 Å². The molecule has 0 bridgehead atoms. The third-order valence-electron chi connectivity index (χ3n) is 13.7. The number of ether oxygens (including phenoxy) is 2. The summed E-state index contributed by atoms with van der Waals surface area (Å²) >= 11 is 0. The predicted octanol–water partition coefficient (Wildman–Crippen LogP) is 13.3. The standard InChI is InChI=1S/C60H109NO9/c1-3-5-7-9-11-13-15-17-18-19-20-21-22-23-24-25-26-27-28-29-30-31-32-33-34-35-37-39-41-43-45-47-49-54(64)59(68)61-52(51-69-60-58(67)57(66)56(65)55(50-62)70-60)53(63)48-46-44-42-40-38-36-16-14-12-10-8-6-4-2/h12,14,20-21,23-24,38,40,46,48,52-58,60,62-67H,3-11,13,15-19,22,25-37,39,41-45,47,49-51H2,1-2H3,(H,61,68)/b14-12+,21-20-,24-23-,40-38+,48-46+. The van der Waals surface area contributed by atoms with Gasteiger partial charge in [0.15, 0.2) is 6.29 Å². The summed E-state index contributed by atoms with van der Waals surface area (Å²) in [4.78, 5) is 13.1. The van der Waals surface area contributed by atoms with Crippen LogP contribution in [0, 0.1) is 0 Å². The van der Waals surface area contributed by atoms with Crippen LogP contribution >= 0.6 is 0 Å². The first-order valence-electron chi connectivity index (χ1n) is 29.1. The first kappa shape index (κ1) is 65.9. The van der Waals surface area contributed by atoms with E-state index in [0.717, 1.165) is 51.4 Å². The summed E-state index contributed by atoms with van der Waals surface area (Å²) in [6.45, 7) is 3.56. The van der Waals surface area contributed by atoms with Gasteiger partial charge in [0, 0.05) is 0 Å². The van der Waals surface area contributed by atoms with Crippen LogP contribution in [0.15, 0.2) is 60.8 Å². The Morgan fingerprint density at radius 3 is 1.36 bits per heavy atom. The summed E-state index contributed by atoms with van der Waals surface area (Å²) in [5, 5.41) is 64.9. The van der Waals surface area contributed by atoms with Crippen molar-refractivity contribution in [3.63, 3.8) is 0 Å². The monoisotopic (exact) mass is 988 g/mol. The number of carbonyl (C=O) groups is 1. The van der Waals surface area contributed by atoms with E-state index in [1.165, 1.54) is 167 Å². The van der Waals surface area contributed by atoms with Crippen LogP contribution in [0.3, 0.4) is 0 Å². The quantitative estimate of drug-likeness (QED) is 0.0232. The number of allylic oxidation sites excluding steroid dienone is 9. The first-order valence-corrected chi connectivity index (χ1v) is 29.1. The Morgan fingerprint density at radius 1 is 0.500 bits per heavy atom. The van der Waals surface area contributed by atoms with Gasteiger partial charge < -0.3 is 45.4 Å². The molecule has 8 atom stereocenters. The molecular weight excluding hydrogens is 879 g/mol. The Labute approximate surface area is 429 Å². The van der Waals surface area contributed by atoms with Gasteiger partial charge in [0.2, 0.25) is 5.91 Å². The predicted molar refractivity (Wildman–Crippen MR) is 292 cm³/mol. The van der Waals surface area contributed by atoms with E-state index >= 15 is 0 Å². The fraction of sp³-hybridized carbons (Fsp3) is 0.817. The van der Waals surface area contributed by atoms with Crippen molar-refractivity contribution in [3.8, 4) is 0 Å². The van der Waals surface area contributed by atoms with Gasteiger partial charge in [-0.25, -0.2) is 0 Å². The molecule has 10 nitrogen and oxygen atoms in total. The third-order valence-corrected chi connectivity index (χ3v) is 13.7. The molecule has 1 fully saturated rings. The zero-order chi connectivity index (χ0) is 51.0. The molecule has 0 spiro atoms. The van der Waals surface area contributed by atoms with E-state index in [1.807, 2.05) is 6.08 Å². The molecule has 0 radical (unpaired) electrons. The highest BCUT2D eigenvalue weighted by atomic mass is 16.7. The smallest absolute Gasteiger partial charge is 0.249 e. The molecule has 408 valence electrons. The van der Waals surface area contributed by atoms with Crippen molar-refractivity contribution in [2.24, 2.45) is 0 Å². The van der Waals surface area contributed by atoms with E-state index < -0.39 is 61.5 Å². The van der Waals surface area contributed by atoms with Crippen molar-refractivity contribution in [2.45, 2.75) is 300 Å². The number of unbranched alkanes of at least 4 members (excludes halogenated alkanes) is 30. The van der Waals surface area contributed by atoms with Crippen LogP contribution in [-0.2, 0) is 14.3 Å². The normalized spacial score (nSPS) is 20.3. The minimum absolute atomic E-state index is 0.300. The maximum Gasteiger partial charge on any atom is 0.249 e. The molecule has 70 heavy (non-hydrogen) atoms. The van der Waals surface area contributed by atoms with E-state index in [-0.39, 0.29) is 6.61 Å². The Balaban J connectivity index is 2.18. The van der Waals surface area contributed by atoms with Crippen molar-refractivity contribution >= 4 is 5.91 Å². The number of rotatable bonds is 49. The molecule has 0 saturated carbocycles. The summed E-state index contributed by atoms with van der Waals surface area (Å²) in [5.41, 5.74) is 0. The van der Waals surface area contributed by atoms with Crippen LogP contribution in [0.4, 0.5) is 0 Å². The second kappa shape index (κ2) is 49.1. The molecule has 0 aromatic rings. The molecule has 7 N–H and O–H groups in total. The second-order valence-corrected chi connectivity index (χ2v) is 20.2. The molecule has 8 unspecified atom stereocenters. The van der Waals surface area contributed by atoms with E-state index in [4.69, 9.17) is 9.47 Å². The Bertz CT molecular complexity index is 1300. The fourth-order valence-corrected chi connectivity index (χ4v) is 8.93. The number of aliphatic hydroxyl groups is 6. The minimum atomic E-state index is -1.62. The van der Waals surface area contributed by atoms with E-state index in [9.17, 15) is 35.4 Å². The number of amides is 1. The highest BCUT2D eigenvalue weighted by molar-refractivity contribution is 5.80. The Hall–Kier alpha value is -2.15. The van der Waals surface area contributed by atoms with Gasteiger partial charge in [0.1, 0.15) is 30.5 Å². The summed E-state index contributed by atoms with van der Waals surface area (Å²) in [6.07, 6.45) is 56.3. The van der Waals surface area contributed by atoms with Crippen LogP contribution < -0.4 is 5.32 Å². The van der Waals surface area contributed by atoms with Crippen LogP contribution in [0.2, 0.25) is 0 Å². The van der Waals surface area contributed by atoms with Crippen LogP contribution in [-0.4, -0.2) is 98.7 Å². The molecule has 0 aromatic heterocycles. The number of carbonyl (C=O) groups excluding carboxylic acids is 1. The molecule has 0 aliphatic carbocycles. The molecule has 1 saturated heterocycles. The fourth-order valence-electron chi connectivity index (χ4n) is 8.93. The number of hydrogen-bond acceptors (Lipinski definition) is 9. The van der Waals surface area contributed by atoms with Crippen LogP contribution in [0.1, 0.15) is 251 Å². The van der Waals surface area contributed by atoms with Gasteiger partial charge in [-0.3, -0.25) is 4.79 Å². The van der Waals surface area contributed by atoms with E-state index in [2.05, 4.69) is 67.8 Å². The third kappa shape index (κ3) is 37.6. The summed E-state index contributed by atoms with van der Waals surface area (Å²) in [5.74, 6) is -0.631. The number of nitrogens with one attached hydrogen (secondary N) is 1. The highest BCUT2D eigenvalue weighted by Gasteiger charge is 2.44. The lowest BCUT2D eigenvalue weighted by Gasteiger charge is -2.40. The maximum atomic E-state index is 13.1. The lowest BCUT2D eigenvalue weighted by atomic mass is 9.99. The largest absolute Gasteiger partial charge is 0.394 e. The SMILES string of the molecule is CCCCC/C=C/CC/C=C/CC/C=C/C(O)C(COC1OC(CO)C(O)C(O)C1O)NC(=O)C(O)CCCCCCCCCCCCCCCCCC/C=C\C/C=C\CCCCCCCCCCC. The van der Waals surface area contributed by atoms with Gasteiger partial charge in [0.05, 0.1) is 25.4 Å². The lowest BCUT2D eigenvalue weighted by molar-refractivity contribution is -0.302. The molecular formula is C60H109NO9. The van der Waals surface area contributed by atoms with Gasteiger partial charge in [-0.1, -0.05) is 235 Å². The molecule has 1 heterocycles. The van der Waals surface area contributed by atoms with Gasteiger partial charge in [0.25, 0.3) is 0 Å². The lowest BCUT2D eigenvalue weighted by Crippen LogP contribution is -2.60. The zero-order valence-corrected chi connectivity index (χ0v) is 44.9. The van der Waals surface area contributed by atoms with Crippen molar-refractivity contribution in [1.82, 2.24) is 5.32 Å². The Morgan fingerprint density at radius 2 is 0.886 bits per heavy atom. The van der Waals surface area contributed by atoms with Crippen molar-refractivity contribution in [1.29, 1.82) is 0 Å². The highest BCUT2D eigenvalue weighted by Crippen LogP contribution is 2.23. The molecule has 0 aromatic carbocycles. The molecule has 10 heteroatoms. The molecule has 1 aliphatic heterocycles. The van der Waals surface area contributed by atoms with Gasteiger partial charge in [-0.2, -0.15) is 0 Å². The summed E-state index contributed by atoms with van der Waals surface area (Å²) in [7, 11) is 0. The molecule has 1 aliphatic rings. The van der Waals surface area contributed by atoms with Crippen LogP contribution in [0.5, 0.6) is 0 Å². The average molecular weight is 989 g/mol. The molecule has 1 amide bonds. The second-order valence-electron chi connectivity index (χ2n) is 20.2. The van der Waals surface area contributed by atoms with E-state index in [1.54, 1.807) is 6.08 Å². The summed E-state index contributed by atoms with van der Waals surface area (Å²) < 4.78 is 11.1. The van der Waals surface area contributed by atoms with Gasteiger partial charge in [-0.05, 0) is 77.0 Å². The first-order chi connectivity index (χ1) is 34.3. The van der Waals surface area contributed by atoms with Gasteiger partial charge in [-0.15, -0.1) is 0 Å². The number of hydrogen-bond donors (Lipinski definition) is 7. The average Bonchev–Trinajstić information content (AvgIpc) is 3.36. The zero-order valence-electron chi connectivity index (χ0n) is 44.9. The molecule has 1 rings (SSSR count). The summed E-state index contributed by atoms with van der Waals surface area (Å²) in [6, 6.07) is -1.00. The van der Waals surface area contributed by atoms with Crippen LogP contribution in [0.25, 0.3) is 0 Å². The van der Waals surface area contributed by atoms with Crippen molar-refractivity contribution < 1.29 is 44.9 Å². The van der Waals surface area contributed by atoms with Gasteiger partial charge >= 0.3 is 0 Å². The Kier molecular flexibility index (Phi) is 46.2. The number of aliphatic hydroxyl groups excluding tert-OH is 6. The maximum absolute atomic E-state index is 13.1. The topological polar surface area (TPSA) is 169 Å². The van der Waals surface area contributed by atoms with E-state index in [0.29, 0.717) is 19.3 Å².